The van der Waals surface area contributed by atoms with E-state index < -0.39 is 10.0 Å². The van der Waals surface area contributed by atoms with Crippen LogP contribution in [0, 0.1) is 5.92 Å². The van der Waals surface area contributed by atoms with Crippen molar-refractivity contribution in [2.45, 2.75) is 38.5 Å². The van der Waals surface area contributed by atoms with Crippen molar-refractivity contribution < 1.29 is 8.42 Å². The SMILES string of the molecule is CNCCCCS(=O)(=O)NCCCC1CC1. The van der Waals surface area contributed by atoms with Crippen LogP contribution in [0.3, 0.4) is 0 Å². The third-order valence-electron chi connectivity index (χ3n) is 2.90. The quantitative estimate of drug-likeness (QED) is 0.569. The third-order valence-corrected chi connectivity index (χ3v) is 4.37. The number of rotatable bonds is 10. The average molecular weight is 248 g/mol. The van der Waals surface area contributed by atoms with E-state index in [-0.39, 0.29) is 5.75 Å². The highest BCUT2D eigenvalue weighted by Crippen LogP contribution is 2.33. The maximum absolute atomic E-state index is 11.5. The summed E-state index contributed by atoms with van der Waals surface area (Å²) in [6.07, 6.45) is 6.51. The van der Waals surface area contributed by atoms with Crippen molar-refractivity contribution in [1.29, 1.82) is 0 Å². The molecule has 0 amide bonds. The van der Waals surface area contributed by atoms with Gasteiger partial charge in [-0.2, -0.15) is 0 Å². The van der Waals surface area contributed by atoms with Crippen LogP contribution in [0.15, 0.2) is 0 Å². The maximum Gasteiger partial charge on any atom is 0.211 e. The van der Waals surface area contributed by atoms with E-state index in [2.05, 4.69) is 10.0 Å². The van der Waals surface area contributed by atoms with E-state index in [0.29, 0.717) is 6.54 Å². The van der Waals surface area contributed by atoms with E-state index in [0.717, 1.165) is 31.7 Å². The molecule has 0 saturated heterocycles. The molecule has 1 rings (SSSR count). The Morgan fingerprint density at radius 2 is 1.88 bits per heavy atom. The molecule has 1 aliphatic rings. The number of unbranched alkanes of at least 4 members (excludes halogenated alkanes) is 1. The molecule has 0 aromatic carbocycles. The molecule has 1 aliphatic carbocycles. The average Bonchev–Trinajstić information content (AvgIpc) is 3.04. The lowest BCUT2D eigenvalue weighted by Gasteiger charge is -2.06. The zero-order valence-corrected chi connectivity index (χ0v) is 11.0. The smallest absolute Gasteiger partial charge is 0.211 e. The predicted octanol–water partition coefficient (Wildman–Crippen LogP) is 1.10. The number of hydrogen-bond acceptors (Lipinski definition) is 3. The van der Waals surface area contributed by atoms with Gasteiger partial charge in [0.15, 0.2) is 0 Å². The molecule has 96 valence electrons. The zero-order chi connectivity index (χ0) is 11.9. The second-order valence-corrected chi connectivity index (χ2v) is 6.54. The molecule has 0 radical (unpaired) electrons. The third kappa shape index (κ3) is 7.19. The molecule has 0 aliphatic heterocycles. The molecule has 0 spiro atoms. The van der Waals surface area contributed by atoms with Gasteiger partial charge >= 0.3 is 0 Å². The Hall–Kier alpha value is -0.130. The maximum atomic E-state index is 11.5. The van der Waals surface area contributed by atoms with E-state index in [9.17, 15) is 8.42 Å². The molecule has 0 bridgehead atoms. The van der Waals surface area contributed by atoms with Crippen molar-refractivity contribution in [3.63, 3.8) is 0 Å². The van der Waals surface area contributed by atoms with Crippen LogP contribution in [0.4, 0.5) is 0 Å². The number of sulfonamides is 1. The second kappa shape index (κ2) is 7.25. The van der Waals surface area contributed by atoms with Crippen LogP contribution in [0.1, 0.15) is 38.5 Å². The molecule has 0 heterocycles. The van der Waals surface area contributed by atoms with Crippen LogP contribution in [0.25, 0.3) is 0 Å². The first-order chi connectivity index (χ1) is 7.64. The van der Waals surface area contributed by atoms with Gasteiger partial charge in [-0.05, 0) is 45.2 Å². The van der Waals surface area contributed by atoms with Gasteiger partial charge in [0.05, 0.1) is 5.75 Å². The van der Waals surface area contributed by atoms with Crippen LogP contribution in [-0.2, 0) is 10.0 Å². The monoisotopic (exact) mass is 248 g/mol. The van der Waals surface area contributed by atoms with Crippen LogP contribution in [0.5, 0.6) is 0 Å². The number of nitrogens with one attached hydrogen (secondary N) is 2. The second-order valence-electron chi connectivity index (χ2n) is 4.61. The van der Waals surface area contributed by atoms with Gasteiger partial charge in [-0.3, -0.25) is 0 Å². The Morgan fingerprint density at radius 1 is 1.12 bits per heavy atom. The molecular weight excluding hydrogens is 224 g/mol. The molecule has 5 heteroatoms. The minimum absolute atomic E-state index is 0.262. The van der Waals surface area contributed by atoms with Crippen LogP contribution >= 0.6 is 0 Å². The minimum Gasteiger partial charge on any atom is -0.320 e. The van der Waals surface area contributed by atoms with Gasteiger partial charge in [0.25, 0.3) is 0 Å². The summed E-state index contributed by atoms with van der Waals surface area (Å²) < 4.78 is 25.7. The Bertz CT molecular complexity index is 274. The molecule has 0 aromatic heterocycles. The first kappa shape index (κ1) is 13.9. The first-order valence-corrected chi connectivity index (χ1v) is 7.91. The lowest BCUT2D eigenvalue weighted by Crippen LogP contribution is -2.27. The van der Waals surface area contributed by atoms with E-state index >= 15 is 0 Å². The molecule has 0 aromatic rings. The summed E-state index contributed by atoms with van der Waals surface area (Å²) in [5.74, 6) is 1.15. The highest BCUT2D eigenvalue weighted by molar-refractivity contribution is 7.89. The van der Waals surface area contributed by atoms with Gasteiger partial charge in [0.2, 0.25) is 10.0 Å². The summed E-state index contributed by atoms with van der Waals surface area (Å²) in [5, 5.41) is 3.01. The topological polar surface area (TPSA) is 58.2 Å². The van der Waals surface area contributed by atoms with Crippen molar-refractivity contribution in [2.75, 3.05) is 25.9 Å². The zero-order valence-electron chi connectivity index (χ0n) is 10.2. The minimum atomic E-state index is -3.02. The van der Waals surface area contributed by atoms with Gasteiger partial charge in [-0.1, -0.05) is 12.8 Å². The molecule has 1 fully saturated rings. The summed E-state index contributed by atoms with van der Waals surface area (Å²) in [7, 11) is -1.14. The summed E-state index contributed by atoms with van der Waals surface area (Å²) in [4.78, 5) is 0. The number of hydrogen-bond donors (Lipinski definition) is 2. The molecular formula is C11H24N2O2S. The van der Waals surface area contributed by atoms with Gasteiger partial charge in [0.1, 0.15) is 0 Å². The standard InChI is InChI=1S/C11H24N2O2S/c1-12-8-2-3-10-16(14,15)13-9-4-5-11-6-7-11/h11-13H,2-10H2,1H3. The fourth-order valence-electron chi connectivity index (χ4n) is 1.69. The van der Waals surface area contributed by atoms with Gasteiger partial charge in [0, 0.05) is 6.54 Å². The summed E-state index contributed by atoms with van der Waals surface area (Å²) >= 11 is 0. The molecule has 0 atom stereocenters. The van der Waals surface area contributed by atoms with E-state index in [1.807, 2.05) is 7.05 Å². The summed E-state index contributed by atoms with van der Waals surface area (Å²) in [6.45, 7) is 1.50. The van der Waals surface area contributed by atoms with Crippen LogP contribution in [0.2, 0.25) is 0 Å². The van der Waals surface area contributed by atoms with E-state index in [1.54, 1.807) is 0 Å². The van der Waals surface area contributed by atoms with E-state index in [1.165, 1.54) is 19.3 Å². The summed E-state index contributed by atoms with van der Waals surface area (Å²) in [5.41, 5.74) is 0. The van der Waals surface area contributed by atoms with Crippen molar-refractivity contribution in [2.24, 2.45) is 5.92 Å². The fraction of sp³-hybridized carbons (Fsp3) is 1.00. The van der Waals surface area contributed by atoms with Gasteiger partial charge < -0.3 is 5.32 Å². The van der Waals surface area contributed by atoms with Gasteiger partial charge in [-0.15, -0.1) is 0 Å². The summed E-state index contributed by atoms with van der Waals surface area (Å²) in [6, 6.07) is 0. The first-order valence-electron chi connectivity index (χ1n) is 6.26. The molecule has 0 unspecified atom stereocenters. The fourth-order valence-corrected chi connectivity index (χ4v) is 2.87. The lowest BCUT2D eigenvalue weighted by atomic mass is 10.2. The van der Waals surface area contributed by atoms with Crippen molar-refractivity contribution in [3.8, 4) is 0 Å². The normalized spacial score (nSPS) is 16.6. The predicted molar refractivity (Wildman–Crippen MR) is 66.9 cm³/mol. The Labute approximate surface area is 99.2 Å². The molecule has 2 N–H and O–H groups in total. The molecule has 4 nitrogen and oxygen atoms in total. The Morgan fingerprint density at radius 3 is 2.50 bits per heavy atom. The molecule has 1 saturated carbocycles. The highest BCUT2D eigenvalue weighted by atomic mass is 32.2. The van der Waals surface area contributed by atoms with Crippen LogP contribution < -0.4 is 10.0 Å². The lowest BCUT2D eigenvalue weighted by molar-refractivity contribution is 0.567. The van der Waals surface area contributed by atoms with E-state index in [4.69, 9.17) is 0 Å². The van der Waals surface area contributed by atoms with Gasteiger partial charge in [-0.25, -0.2) is 13.1 Å². The van der Waals surface area contributed by atoms with Crippen molar-refractivity contribution >= 4 is 10.0 Å². The van der Waals surface area contributed by atoms with Crippen molar-refractivity contribution in [3.05, 3.63) is 0 Å². The molecule has 16 heavy (non-hydrogen) atoms. The largest absolute Gasteiger partial charge is 0.320 e. The van der Waals surface area contributed by atoms with Crippen LogP contribution in [-0.4, -0.2) is 34.3 Å². The Balaban J connectivity index is 1.98. The van der Waals surface area contributed by atoms with Crippen molar-refractivity contribution in [1.82, 2.24) is 10.0 Å². The Kier molecular flexibility index (Phi) is 6.31. The highest BCUT2D eigenvalue weighted by Gasteiger charge is 2.20.